The van der Waals surface area contributed by atoms with Crippen LogP contribution < -0.4 is 0 Å². The van der Waals surface area contributed by atoms with E-state index in [0.717, 1.165) is 25.7 Å². The maximum atomic E-state index is 10.5. The highest BCUT2D eigenvalue weighted by molar-refractivity contribution is 4.93. The van der Waals surface area contributed by atoms with Gasteiger partial charge in [-0.25, -0.2) is 0 Å². The Morgan fingerprint density at radius 2 is 2.06 bits per heavy atom. The van der Waals surface area contributed by atoms with Gasteiger partial charge >= 0.3 is 0 Å². The molecule has 0 aromatic heterocycles. The molecule has 0 spiro atoms. The highest BCUT2D eigenvalue weighted by Gasteiger charge is 2.41. The molecule has 1 fully saturated rings. The van der Waals surface area contributed by atoms with Crippen molar-refractivity contribution in [3.63, 3.8) is 0 Å². The Morgan fingerprint density at radius 1 is 1.39 bits per heavy atom. The van der Waals surface area contributed by atoms with Crippen LogP contribution in [0, 0.1) is 11.3 Å². The summed E-state index contributed by atoms with van der Waals surface area (Å²) < 4.78 is 5.74. The first-order valence-corrected chi connectivity index (χ1v) is 7.52. The zero-order valence-corrected chi connectivity index (χ0v) is 13.0. The maximum absolute atomic E-state index is 10.5. The van der Waals surface area contributed by atoms with E-state index in [1.54, 1.807) is 7.11 Å². The lowest BCUT2D eigenvalue weighted by Crippen LogP contribution is -2.47. The number of aliphatic hydroxyl groups excluding tert-OH is 1. The molecule has 1 N–H and O–H groups in total. The van der Waals surface area contributed by atoms with Gasteiger partial charge in [0.25, 0.3) is 0 Å². The summed E-state index contributed by atoms with van der Waals surface area (Å²) in [6, 6.07) is 0. The molecule has 2 heteroatoms. The van der Waals surface area contributed by atoms with Crippen molar-refractivity contribution in [2.24, 2.45) is 11.3 Å². The summed E-state index contributed by atoms with van der Waals surface area (Å²) in [6.07, 6.45) is 7.32. The maximum Gasteiger partial charge on any atom is 0.0938 e. The standard InChI is InChI=1S/C16H32O2/c1-13-8-6-11-16(12-13,18-5)14(17)9-7-10-15(2,3)4/h13-14,17H,6-12H2,1-5H3. The molecule has 0 aliphatic heterocycles. The molecule has 0 aromatic rings. The fourth-order valence-electron chi connectivity index (χ4n) is 3.26. The summed E-state index contributed by atoms with van der Waals surface area (Å²) in [5.74, 6) is 0.677. The highest BCUT2D eigenvalue weighted by Crippen LogP contribution is 2.39. The zero-order chi connectivity index (χ0) is 13.8. The minimum atomic E-state index is -0.299. The lowest BCUT2D eigenvalue weighted by Gasteiger charge is -2.42. The molecular weight excluding hydrogens is 224 g/mol. The second-order valence-electron chi connectivity index (χ2n) is 7.44. The molecule has 108 valence electrons. The van der Waals surface area contributed by atoms with E-state index in [1.807, 2.05) is 0 Å². The van der Waals surface area contributed by atoms with E-state index in [1.165, 1.54) is 19.3 Å². The van der Waals surface area contributed by atoms with E-state index in [9.17, 15) is 5.11 Å². The zero-order valence-electron chi connectivity index (χ0n) is 13.0. The van der Waals surface area contributed by atoms with Crippen LogP contribution in [0.25, 0.3) is 0 Å². The quantitative estimate of drug-likeness (QED) is 0.800. The Hall–Kier alpha value is -0.0800. The minimum Gasteiger partial charge on any atom is -0.390 e. The summed E-state index contributed by atoms with van der Waals surface area (Å²) in [4.78, 5) is 0. The van der Waals surface area contributed by atoms with Crippen molar-refractivity contribution >= 4 is 0 Å². The van der Waals surface area contributed by atoms with Crippen LogP contribution in [-0.4, -0.2) is 23.9 Å². The van der Waals surface area contributed by atoms with Crippen LogP contribution in [0.15, 0.2) is 0 Å². The SMILES string of the molecule is COC1(C(O)CCCC(C)(C)C)CCCC(C)C1. The van der Waals surface area contributed by atoms with Gasteiger partial charge in [0.15, 0.2) is 0 Å². The van der Waals surface area contributed by atoms with Gasteiger partial charge in [0.05, 0.1) is 11.7 Å². The summed E-state index contributed by atoms with van der Waals surface area (Å²) >= 11 is 0. The Balaban J connectivity index is 2.48. The summed E-state index contributed by atoms with van der Waals surface area (Å²) in [7, 11) is 1.77. The third-order valence-corrected chi connectivity index (χ3v) is 4.41. The fraction of sp³-hybridized carbons (Fsp3) is 1.00. The van der Waals surface area contributed by atoms with Crippen molar-refractivity contribution < 1.29 is 9.84 Å². The molecule has 0 aromatic carbocycles. The summed E-state index contributed by atoms with van der Waals surface area (Å²) in [5, 5.41) is 10.5. The Labute approximate surface area is 113 Å². The van der Waals surface area contributed by atoms with Crippen molar-refractivity contribution in [3.05, 3.63) is 0 Å². The molecule has 1 saturated carbocycles. The van der Waals surface area contributed by atoms with Crippen LogP contribution in [0.2, 0.25) is 0 Å². The van der Waals surface area contributed by atoms with Gasteiger partial charge in [0, 0.05) is 7.11 Å². The molecule has 2 nitrogen and oxygen atoms in total. The van der Waals surface area contributed by atoms with Crippen molar-refractivity contribution in [1.29, 1.82) is 0 Å². The second-order valence-corrected chi connectivity index (χ2v) is 7.44. The minimum absolute atomic E-state index is 0.268. The number of methoxy groups -OCH3 is 1. The topological polar surface area (TPSA) is 29.5 Å². The second kappa shape index (κ2) is 6.38. The third-order valence-electron chi connectivity index (χ3n) is 4.41. The molecule has 1 aliphatic carbocycles. The number of hydrogen-bond acceptors (Lipinski definition) is 2. The summed E-state index contributed by atoms with van der Waals surface area (Å²) in [5.41, 5.74) is 0.0926. The Kier molecular flexibility index (Phi) is 5.67. The fourth-order valence-corrected chi connectivity index (χ4v) is 3.26. The van der Waals surface area contributed by atoms with E-state index < -0.39 is 0 Å². The van der Waals surface area contributed by atoms with Gasteiger partial charge in [-0.1, -0.05) is 47.0 Å². The number of aliphatic hydroxyl groups is 1. The van der Waals surface area contributed by atoms with Crippen LogP contribution in [0.5, 0.6) is 0 Å². The first-order valence-electron chi connectivity index (χ1n) is 7.52. The first kappa shape index (κ1) is 16.0. The number of hydrogen-bond donors (Lipinski definition) is 1. The molecule has 0 bridgehead atoms. The van der Waals surface area contributed by atoms with Gasteiger partial charge in [-0.05, 0) is 37.0 Å². The molecule has 3 atom stereocenters. The van der Waals surface area contributed by atoms with E-state index in [-0.39, 0.29) is 11.7 Å². The van der Waals surface area contributed by atoms with E-state index in [0.29, 0.717) is 11.3 Å². The molecule has 3 unspecified atom stereocenters. The van der Waals surface area contributed by atoms with Crippen molar-refractivity contribution in [1.82, 2.24) is 0 Å². The molecule has 1 aliphatic rings. The molecule has 18 heavy (non-hydrogen) atoms. The van der Waals surface area contributed by atoms with E-state index in [4.69, 9.17) is 4.74 Å². The number of ether oxygens (including phenoxy) is 1. The van der Waals surface area contributed by atoms with Gasteiger partial charge in [0.1, 0.15) is 0 Å². The van der Waals surface area contributed by atoms with Crippen molar-refractivity contribution in [2.75, 3.05) is 7.11 Å². The molecule has 0 heterocycles. The highest BCUT2D eigenvalue weighted by atomic mass is 16.5. The monoisotopic (exact) mass is 256 g/mol. The predicted molar refractivity (Wildman–Crippen MR) is 76.7 cm³/mol. The third kappa shape index (κ3) is 4.55. The number of rotatable bonds is 5. The lowest BCUT2D eigenvalue weighted by atomic mass is 9.74. The van der Waals surface area contributed by atoms with Crippen LogP contribution in [-0.2, 0) is 4.74 Å². The lowest BCUT2D eigenvalue weighted by molar-refractivity contribution is -0.134. The Bertz CT molecular complexity index is 244. The average molecular weight is 256 g/mol. The Morgan fingerprint density at radius 3 is 2.56 bits per heavy atom. The average Bonchev–Trinajstić information content (AvgIpc) is 2.27. The first-order chi connectivity index (χ1) is 8.29. The molecule has 0 radical (unpaired) electrons. The van der Waals surface area contributed by atoms with Gasteiger partial charge in [-0.15, -0.1) is 0 Å². The smallest absolute Gasteiger partial charge is 0.0938 e. The normalized spacial score (nSPS) is 31.3. The van der Waals surface area contributed by atoms with Crippen LogP contribution in [0.1, 0.15) is 72.6 Å². The molecular formula is C16H32O2. The van der Waals surface area contributed by atoms with Crippen LogP contribution in [0.4, 0.5) is 0 Å². The van der Waals surface area contributed by atoms with Gasteiger partial charge < -0.3 is 9.84 Å². The van der Waals surface area contributed by atoms with Crippen molar-refractivity contribution in [2.45, 2.75) is 84.3 Å². The van der Waals surface area contributed by atoms with Crippen molar-refractivity contribution in [3.8, 4) is 0 Å². The molecule has 0 amide bonds. The predicted octanol–water partition coefficient (Wildman–Crippen LogP) is 4.16. The summed E-state index contributed by atoms with van der Waals surface area (Å²) in [6.45, 7) is 9.05. The van der Waals surface area contributed by atoms with Crippen LogP contribution in [0.3, 0.4) is 0 Å². The van der Waals surface area contributed by atoms with Gasteiger partial charge in [0.2, 0.25) is 0 Å². The largest absolute Gasteiger partial charge is 0.390 e. The van der Waals surface area contributed by atoms with Crippen LogP contribution >= 0.6 is 0 Å². The van der Waals surface area contributed by atoms with E-state index >= 15 is 0 Å². The van der Waals surface area contributed by atoms with Gasteiger partial charge in [-0.3, -0.25) is 0 Å². The van der Waals surface area contributed by atoms with E-state index in [2.05, 4.69) is 27.7 Å². The molecule has 1 rings (SSSR count). The van der Waals surface area contributed by atoms with Gasteiger partial charge in [-0.2, -0.15) is 0 Å². The molecule has 0 saturated heterocycles.